The number of carbonyl (C=O) groups excluding carboxylic acids is 3. The van der Waals surface area contributed by atoms with E-state index in [4.69, 9.17) is 4.74 Å². The van der Waals surface area contributed by atoms with E-state index in [0.29, 0.717) is 29.8 Å². The summed E-state index contributed by atoms with van der Waals surface area (Å²) >= 11 is 1.26. The van der Waals surface area contributed by atoms with Crippen molar-refractivity contribution in [3.8, 4) is 6.07 Å². The lowest BCUT2D eigenvalue weighted by Gasteiger charge is -2.31. The molecule has 2 aromatic rings. The quantitative estimate of drug-likeness (QED) is 0.561. The minimum Gasteiger partial charge on any atom is -0.469 e. The van der Waals surface area contributed by atoms with Gasteiger partial charge in [0.1, 0.15) is 11.4 Å². The maximum absolute atomic E-state index is 12.6. The van der Waals surface area contributed by atoms with E-state index >= 15 is 0 Å². The molecule has 0 unspecified atom stereocenters. The third-order valence-electron chi connectivity index (χ3n) is 5.16. The summed E-state index contributed by atoms with van der Waals surface area (Å²) in [6, 6.07) is 12.1. The molecule has 7 nitrogen and oxygen atoms in total. The molecule has 0 fully saturated rings. The maximum atomic E-state index is 12.6. The number of amides is 1. The van der Waals surface area contributed by atoms with E-state index in [1.54, 1.807) is 6.92 Å². The summed E-state index contributed by atoms with van der Waals surface area (Å²) in [7, 11) is 1.20. The molecule has 1 atom stereocenters. The molecule has 1 aromatic carbocycles. The highest BCUT2D eigenvalue weighted by Gasteiger charge is 2.40. The molecular weight excluding hydrogens is 404 g/mol. The number of esters is 2. The van der Waals surface area contributed by atoms with Gasteiger partial charge in [-0.1, -0.05) is 30.3 Å². The Bertz CT molecular complexity index is 1010. The average molecular weight is 426 g/mol. The van der Waals surface area contributed by atoms with Crippen LogP contribution in [0.15, 0.2) is 30.3 Å². The second-order valence-corrected chi connectivity index (χ2v) is 8.07. The second kappa shape index (κ2) is 9.09. The van der Waals surface area contributed by atoms with E-state index in [-0.39, 0.29) is 6.61 Å². The van der Waals surface area contributed by atoms with Gasteiger partial charge in [-0.25, -0.2) is 4.79 Å². The first-order chi connectivity index (χ1) is 14.4. The summed E-state index contributed by atoms with van der Waals surface area (Å²) in [6.07, 6.45) is 1.05. The lowest BCUT2D eigenvalue weighted by Crippen LogP contribution is -2.31. The number of nitrogens with one attached hydrogen (secondary N) is 1. The van der Waals surface area contributed by atoms with Gasteiger partial charge in [-0.2, -0.15) is 5.26 Å². The van der Waals surface area contributed by atoms with Gasteiger partial charge < -0.3 is 14.8 Å². The number of nitrogens with zero attached hydrogens (tertiary/aromatic N) is 1. The van der Waals surface area contributed by atoms with Crippen molar-refractivity contribution in [1.29, 1.82) is 5.26 Å². The fourth-order valence-corrected chi connectivity index (χ4v) is 5.03. The number of nitriles is 1. The Hall–Kier alpha value is -3.18. The van der Waals surface area contributed by atoms with Gasteiger partial charge in [0.15, 0.2) is 0 Å². The van der Waals surface area contributed by atoms with E-state index in [2.05, 4.69) is 16.1 Å². The Labute approximate surface area is 178 Å². The first kappa shape index (κ1) is 21.5. The molecule has 156 valence electrons. The zero-order valence-corrected chi connectivity index (χ0v) is 17.6. The van der Waals surface area contributed by atoms with Gasteiger partial charge in [0.25, 0.3) is 0 Å². The third kappa shape index (κ3) is 4.21. The van der Waals surface area contributed by atoms with Crippen molar-refractivity contribution in [2.24, 2.45) is 0 Å². The van der Waals surface area contributed by atoms with E-state index in [0.717, 1.165) is 16.0 Å². The largest absolute Gasteiger partial charge is 0.469 e. The standard InChI is InChI=1S/C22H22N2O5S/c1-3-29-21(27)19-15-9-10-22(13-23,14-7-5-4-6-8-14)12-16(15)30-20(19)24-17(25)11-18(26)28-2/h4-8H,3,9-12H2,1-2H3,(H,24,25)/t22-/m1/s1. The minimum atomic E-state index is -0.696. The van der Waals surface area contributed by atoms with Crippen LogP contribution in [-0.2, 0) is 37.3 Å². The van der Waals surface area contributed by atoms with Crippen molar-refractivity contribution in [1.82, 2.24) is 0 Å². The number of fused-ring (bicyclic) bond motifs is 1. The summed E-state index contributed by atoms with van der Waals surface area (Å²) in [4.78, 5) is 37.1. The first-order valence-electron chi connectivity index (χ1n) is 9.59. The normalized spacial score (nSPS) is 17.4. The molecule has 30 heavy (non-hydrogen) atoms. The molecule has 1 aliphatic rings. The molecule has 0 spiro atoms. The molecule has 0 saturated heterocycles. The summed E-state index contributed by atoms with van der Waals surface area (Å²) in [5.74, 6) is -1.76. The summed E-state index contributed by atoms with van der Waals surface area (Å²) < 4.78 is 9.72. The molecular formula is C22H22N2O5S. The van der Waals surface area contributed by atoms with Gasteiger partial charge in [-0.3, -0.25) is 9.59 Å². The van der Waals surface area contributed by atoms with E-state index in [1.807, 2.05) is 30.3 Å². The number of hydrogen-bond acceptors (Lipinski definition) is 7. The number of methoxy groups -OCH3 is 1. The molecule has 8 heteroatoms. The van der Waals surface area contributed by atoms with Crippen molar-refractivity contribution in [2.45, 2.75) is 38.0 Å². The predicted molar refractivity (Wildman–Crippen MR) is 111 cm³/mol. The van der Waals surface area contributed by atoms with Crippen molar-refractivity contribution in [2.75, 3.05) is 19.0 Å². The molecule has 1 N–H and O–H groups in total. The van der Waals surface area contributed by atoms with Crippen LogP contribution < -0.4 is 5.32 Å². The number of anilines is 1. The number of hydrogen-bond donors (Lipinski definition) is 1. The number of carbonyl (C=O) groups is 3. The van der Waals surface area contributed by atoms with Crippen molar-refractivity contribution in [3.05, 3.63) is 51.9 Å². The Kier molecular flexibility index (Phi) is 6.53. The number of benzene rings is 1. The molecule has 3 rings (SSSR count). The maximum Gasteiger partial charge on any atom is 0.341 e. The van der Waals surface area contributed by atoms with Gasteiger partial charge in [-0.05, 0) is 30.9 Å². The van der Waals surface area contributed by atoms with Gasteiger partial charge in [0.05, 0.1) is 30.8 Å². The van der Waals surface area contributed by atoms with Crippen LogP contribution >= 0.6 is 11.3 Å². The highest BCUT2D eigenvalue weighted by Crippen LogP contribution is 2.45. The molecule has 1 aromatic heterocycles. The van der Waals surface area contributed by atoms with Gasteiger partial charge >= 0.3 is 11.9 Å². The predicted octanol–water partition coefficient (Wildman–Crippen LogP) is 3.38. The van der Waals surface area contributed by atoms with Gasteiger partial charge in [0, 0.05) is 11.3 Å². The minimum absolute atomic E-state index is 0.200. The summed E-state index contributed by atoms with van der Waals surface area (Å²) in [5.41, 5.74) is 1.35. The van der Waals surface area contributed by atoms with Crippen LogP contribution in [0.2, 0.25) is 0 Å². The lowest BCUT2D eigenvalue weighted by atomic mass is 9.70. The van der Waals surface area contributed by atoms with Crippen LogP contribution in [0.1, 0.15) is 46.1 Å². The monoisotopic (exact) mass is 426 g/mol. The Morgan fingerprint density at radius 1 is 1.27 bits per heavy atom. The highest BCUT2D eigenvalue weighted by atomic mass is 32.1. The Morgan fingerprint density at radius 3 is 2.63 bits per heavy atom. The Balaban J connectivity index is 1.98. The highest BCUT2D eigenvalue weighted by molar-refractivity contribution is 7.17. The average Bonchev–Trinajstić information content (AvgIpc) is 3.10. The second-order valence-electron chi connectivity index (χ2n) is 6.97. The third-order valence-corrected chi connectivity index (χ3v) is 6.31. The van der Waals surface area contributed by atoms with Crippen molar-refractivity contribution < 1.29 is 23.9 Å². The summed E-state index contributed by atoms with van der Waals surface area (Å²) in [5, 5.41) is 13.0. The SMILES string of the molecule is CCOC(=O)c1c(NC(=O)CC(=O)OC)sc2c1CC[C@@](C#N)(c1ccccc1)C2. The Morgan fingerprint density at radius 2 is 2.00 bits per heavy atom. The fourth-order valence-electron chi connectivity index (χ4n) is 3.67. The number of rotatable bonds is 6. The molecule has 1 heterocycles. The smallest absolute Gasteiger partial charge is 0.341 e. The zero-order valence-electron chi connectivity index (χ0n) is 16.8. The molecule has 1 amide bonds. The molecule has 0 aliphatic heterocycles. The van der Waals surface area contributed by atoms with Crippen LogP contribution in [-0.4, -0.2) is 31.6 Å². The van der Waals surface area contributed by atoms with Gasteiger partial charge in [0.2, 0.25) is 5.91 Å². The van der Waals surface area contributed by atoms with Crippen LogP contribution in [0, 0.1) is 11.3 Å². The first-order valence-corrected chi connectivity index (χ1v) is 10.4. The molecule has 0 radical (unpaired) electrons. The lowest BCUT2D eigenvalue weighted by molar-refractivity contribution is -0.142. The van der Waals surface area contributed by atoms with Crippen molar-refractivity contribution in [3.63, 3.8) is 0 Å². The van der Waals surface area contributed by atoms with Crippen molar-refractivity contribution >= 4 is 34.2 Å². The summed E-state index contributed by atoms with van der Waals surface area (Å²) in [6.45, 7) is 1.91. The zero-order chi connectivity index (χ0) is 21.7. The topological polar surface area (TPSA) is 105 Å². The molecule has 0 bridgehead atoms. The van der Waals surface area contributed by atoms with Gasteiger partial charge in [-0.15, -0.1) is 11.3 Å². The molecule has 1 aliphatic carbocycles. The van der Waals surface area contributed by atoms with E-state index in [9.17, 15) is 19.6 Å². The van der Waals surface area contributed by atoms with E-state index in [1.165, 1.54) is 18.4 Å². The van der Waals surface area contributed by atoms with Crippen LogP contribution in [0.4, 0.5) is 5.00 Å². The van der Waals surface area contributed by atoms with Crippen LogP contribution in [0.5, 0.6) is 0 Å². The van der Waals surface area contributed by atoms with E-state index < -0.39 is 29.7 Å². The molecule has 0 saturated carbocycles. The van der Waals surface area contributed by atoms with Crippen LogP contribution in [0.3, 0.4) is 0 Å². The van der Waals surface area contributed by atoms with Crippen LogP contribution in [0.25, 0.3) is 0 Å². The number of ether oxygens (including phenoxy) is 2. The fraction of sp³-hybridized carbons (Fsp3) is 0.364. The number of thiophene rings is 1.